The van der Waals surface area contributed by atoms with Crippen molar-refractivity contribution in [1.29, 1.82) is 0 Å². The van der Waals surface area contributed by atoms with Gasteiger partial charge in [0.1, 0.15) is 6.29 Å². The van der Waals surface area contributed by atoms with Crippen molar-refractivity contribution in [3.05, 3.63) is 23.3 Å². The zero-order chi connectivity index (χ0) is 9.26. The van der Waals surface area contributed by atoms with E-state index >= 15 is 0 Å². The first-order valence-corrected chi connectivity index (χ1v) is 4.14. The fourth-order valence-electron chi connectivity index (χ4n) is 1.52. The van der Waals surface area contributed by atoms with Gasteiger partial charge < -0.3 is 9.47 Å². The second-order valence-corrected chi connectivity index (χ2v) is 2.93. The summed E-state index contributed by atoms with van der Waals surface area (Å²) in [6.45, 7) is 0.675. The van der Waals surface area contributed by atoms with Crippen molar-refractivity contribution in [3.63, 3.8) is 0 Å². The molecule has 0 radical (unpaired) electrons. The summed E-state index contributed by atoms with van der Waals surface area (Å²) in [5, 5.41) is 0. The normalized spacial score (nSPS) is 13.3. The van der Waals surface area contributed by atoms with E-state index in [0.29, 0.717) is 17.9 Å². The van der Waals surface area contributed by atoms with Crippen LogP contribution < -0.4 is 9.47 Å². The number of carbonyl (C=O) groups excluding carboxylic acids is 1. The van der Waals surface area contributed by atoms with Gasteiger partial charge in [0.15, 0.2) is 11.5 Å². The van der Waals surface area contributed by atoms with Crippen molar-refractivity contribution in [1.82, 2.24) is 0 Å². The zero-order valence-corrected chi connectivity index (χ0v) is 7.37. The number of fused-ring (bicyclic) bond motifs is 1. The van der Waals surface area contributed by atoms with Gasteiger partial charge in [0, 0.05) is 17.5 Å². The minimum Gasteiger partial charge on any atom is -0.493 e. The van der Waals surface area contributed by atoms with Crippen LogP contribution >= 0.6 is 0 Å². The lowest BCUT2D eigenvalue weighted by Gasteiger charge is -2.06. The van der Waals surface area contributed by atoms with Gasteiger partial charge in [0.2, 0.25) is 0 Å². The molecule has 0 aromatic heterocycles. The number of methoxy groups -OCH3 is 1. The Morgan fingerprint density at radius 2 is 2.38 bits per heavy atom. The van der Waals surface area contributed by atoms with E-state index in [4.69, 9.17) is 9.47 Å². The first kappa shape index (κ1) is 8.10. The van der Waals surface area contributed by atoms with Crippen LogP contribution in [-0.2, 0) is 6.42 Å². The number of benzene rings is 1. The van der Waals surface area contributed by atoms with Crippen LogP contribution in [0.4, 0.5) is 0 Å². The summed E-state index contributed by atoms with van der Waals surface area (Å²) in [7, 11) is 1.58. The van der Waals surface area contributed by atoms with Crippen LogP contribution in [0.1, 0.15) is 15.9 Å². The van der Waals surface area contributed by atoms with E-state index < -0.39 is 0 Å². The molecule has 1 heterocycles. The Labute approximate surface area is 76.3 Å². The second kappa shape index (κ2) is 3.09. The van der Waals surface area contributed by atoms with Gasteiger partial charge in [0.25, 0.3) is 0 Å². The molecule has 0 spiro atoms. The largest absolute Gasteiger partial charge is 0.493 e. The number of aldehydes is 1. The highest BCUT2D eigenvalue weighted by Gasteiger charge is 2.17. The van der Waals surface area contributed by atoms with Crippen molar-refractivity contribution in [2.75, 3.05) is 13.7 Å². The molecule has 0 bridgehead atoms. The number of hydrogen-bond donors (Lipinski definition) is 0. The maximum Gasteiger partial charge on any atom is 0.164 e. The summed E-state index contributed by atoms with van der Waals surface area (Å²) in [6, 6.07) is 3.54. The first-order chi connectivity index (χ1) is 6.35. The van der Waals surface area contributed by atoms with Gasteiger partial charge in [-0.2, -0.15) is 0 Å². The Balaban J connectivity index is 2.55. The molecular weight excluding hydrogens is 168 g/mol. The monoisotopic (exact) mass is 178 g/mol. The lowest BCUT2D eigenvalue weighted by atomic mass is 10.1. The average Bonchev–Trinajstić information content (AvgIpc) is 2.63. The first-order valence-electron chi connectivity index (χ1n) is 4.14. The third kappa shape index (κ3) is 1.26. The van der Waals surface area contributed by atoms with Gasteiger partial charge >= 0.3 is 0 Å². The summed E-state index contributed by atoms with van der Waals surface area (Å²) in [4.78, 5) is 10.6. The molecule has 0 fully saturated rings. The highest BCUT2D eigenvalue weighted by molar-refractivity contribution is 5.77. The van der Waals surface area contributed by atoms with E-state index in [9.17, 15) is 4.79 Å². The number of rotatable bonds is 2. The Bertz CT molecular complexity index is 344. The molecule has 0 saturated carbocycles. The molecule has 1 aromatic carbocycles. The molecule has 1 aromatic rings. The number of ether oxygens (including phenoxy) is 2. The molecule has 0 saturated heterocycles. The molecule has 0 unspecified atom stereocenters. The predicted molar refractivity (Wildman–Crippen MR) is 47.6 cm³/mol. The smallest absolute Gasteiger partial charge is 0.164 e. The van der Waals surface area contributed by atoms with E-state index in [1.165, 1.54) is 0 Å². The Morgan fingerprint density at radius 1 is 1.54 bits per heavy atom. The Morgan fingerprint density at radius 3 is 3.08 bits per heavy atom. The molecule has 3 nitrogen and oxygen atoms in total. The third-order valence-corrected chi connectivity index (χ3v) is 2.13. The zero-order valence-electron chi connectivity index (χ0n) is 7.37. The maximum atomic E-state index is 10.6. The molecule has 1 aliphatic heterocycles. The molecular formula is C10H10O3. The Hall–Kier alpha value is -1.51. The topological polar surface area (TPSA) is 35.5 Å². The van der Waals surface area contributed by atoms with Crippen LogP contribution in [0.5, 0.6) is 11.5 Å². The van der Waals surface area contributed by atoms with Crippen molar-refractivity contribution in [2.45, 2.75) is 6.42 Å². The SMILES string of the molecule is COc1cc(C=O)cc2c1OCC2. The van der Waals surface area contributed by atoms with Gasteiger partial charge in [-0.1, -0.05) is 0 Å². The lowest BCUT2D eigenvalue weighted by Crippen LogP contribution is -1.91. The fourth-order valence-corrected chi connectivity index (χ4v) is 1.52. The van der Waals surface area contributed by atoms with Crippen LogP contribution in [0.15, 0.2) is 12.1 Å². The summed E-state index contributed by atoms with van der Waals surface area (Å²) in [5.74, 6) is 1.44. The van der Waals surface area contributed by atoms with Gasteiger partial charge in [0.05, 0.1) is 13.7 Å². The molecule has 0 atom stereocenters. The summed E-state index contributed by atoms with van der Waals surface area (Å²) < 4.78 is 10.5. The maximum absolute atomic E-state index is 10.6. The van der Waals surface area contributed by atoms with E-state index in [1.807, 2.05) is 6.07 Å². The average molecular weight is 178 g/mol. The van der Waals surface area contributed by atoms with E-state index in [-0.39, 0.29) is 0 Å². The highest BCUT2D eigenvalue weighted by Crippen LogP contribution is 2.36. The van der Waals surface area contributed by atoms with Crippen molar-refractivity contribution < 1.29 is 14.3 Å². The Kier molecular flexibility index (Phi) is 1.93. The molecule has 0 amide bonds. The minimum atomic E-state index is 0.640. The van der Waals surface area contributed by atoms with E-state index in [2.05, 4.69) is 0 Å². The predicted octanol–water partition coefficient (Wildman–Crippen LogP) is 1.44. The molecule has 1 aliphatic rings. The quantitative estimate of drug-likeness (QED) is 0.643. The van der Waals surface area contributed by atoms with E-state index in [1.54, 1.807) is 13.2 Å². The van der Waals surface area contributed by atoms with Crippen LogP contribution in [-0.4, -0.2) is 20.0 Å². The summed E-state index contributed by atoms with van der Waals surface area (Å²) in [5.41, 5.74) is 1.70. The number of carbonyl (C=O) groups is 1. The van der Waals surface area contributed by atoms with Gasteiger partial charge in [-0.15, -0.1) is 0 Å². The van der Waals surface area contributed by atoms with Crippen molar-refractivity contribution >= 4 is 6.29 Å². The minimum absolute atomic E-state index is 0.640. The van der Waals surface area contributed by atoms with E-state index in [0.717, 1.165) is 24.0 Å². The molecule has 2 rings (SSSR count). The van der Waals surface area contributed by atoms with Crippen molar-refractivity contribution in [2.24, 2.45) is 0 Å². The highest BCUT2D eigenvalue weighted by atomic mass is 16.5. The fraction of sp³-hybridized carbons (Fsp3) is 0.300. The van der Waals surface area contributed by atoms with Gasteiger partial charge in [-0.25, -0.2) is 0 Å². The summed E-state index contributed by atoms with van der Waals surface area (Å²) >= 11 is 0. The van der Waals surface area contributed by atoms with Gasteiger partial charge in [-0.3, -0.25) is 4.79 Å². The molecule has 13 heavy (non-hydrogen) atoms. The van der Waals surface area contributed by atoms with Crippen LogP contribution in [0, 0.1) is 0 Å². The van der Waals surface area contributed by atoms with Gasteiger partial charge in [-0.05, 0) is 12.1 Å². The summed E-state index contributed by atoms with van der Waals surface area (Å²) in [6.07, 6.45) is 1.68. The standard InChI is InChI=1S/C10H10O3/c1-12-9-5-7(6-11)4-8-2-3-13-10(8)9/h4-6H,2-3H2,1H3. The van der Waals surface area contributed by atoms with Crippen LogP contribution in [0.25, 0.3) is 0 Å². The second-order valence-electron chi connectivity index (χ2n) is 2.93. The lowest BCUT2D eigenvalue weighted by molar-refractivity contribution is 0.112. The van der Waals surface area contributed by atoms with Crippen LogP contribution in [0.3, 0.4) is 0 Å². The van der Waals surface area contributed by atoms with Crippen molar-refractivity contribution in [3.8, 4) is 11.5 Å². The third-order valence-electron chi connectivity index (χ3n) is 2.13. The van der Waals surface area contributed by atoms with Crippen LogP contribution in [0.2, 0.25) is 0 Å². The number of hydrogen-bond acceptors (Lipinski definition) is 3. The molecule has 0 N–H and O–H groups in total. The molecule has 0 aliphatic carbocycles. The molecule has 68 valence electrons. The molecule has 3 heteroatoms.